The number of aromatic nitrogens is 1. The summed E-state index contributed by atoms with van der Waals surface area (Å²) in [7, 11) is 2.05. The van der Waals surface area contributed by atoms with Crippen LogP contribution in [0.3, 0.4) is 0 Å². The van der Waals surface area contributed by atoms with Gasteiger partial charge in [-0.05, 0) is 44.4 Å². The number of carboxylic acid groups (broad SMARTS) is 1. The number of carboxylic acids is 1. The average molecular weight is 245 g/mol. The van der Waals surface area contributed by atoms with Gasteiger partial charge in [-0.25, -0.2) is 0 Å². The highest BCUT2D eigenvalue weighted by molar-refractivity contribution is 5.89. The zero-order valence-electron chi connectivity index (χ0n) is 11.4. The van der Waals surface area contributed by atoms with Crippen LogP contribution in [0.2, 0.25) is 0 Å². The minimum atomic E-state index is -0.740. The second-order valence-corrected chi connectivity index (χ2v) is 4.99. The highest BCUT2D eigenvalue weighted by Crippen LogP contribution is 2.29. The van der Waals surface area contributed by atoms with Crippen LogP contribution >= 0.6 is 0 Å². The van der Waals surface area contributed by atoms with E-state index in [1.54, 1.807) is 0 Å². The van der Waals surface area contributed by atoms with Gasteiger partial charge < -0.3 is 9.67 Å². The van der Waals surface area contributed by atoms with Crippen LogP contribution in [0.1, 0.15) is 28.8 Å². The maximum absolute atomic E-state index is 10.8. The van der Waals surface area contributed by atoms with Crippen molar-refractivity contribution in [3.8, 4) is 0 Å². The highest BCUT2D eigenvalue weighted by Gasteiger charge is 2.14. The molecule has 0 spiro atoms. The van der Waals surface area contributed by atoms with Crippen molar-refractivity contribution >= 4 is 16.9 Å². The second kappa shape index (κ2) is 4.48. The normalized spacial score (nSPS) is 11.1. The van der Waals surface area contributed by atoms with Gasteiger partial charge in [-0.15, -0.1) is 0 Å². The molecule has 1 aromatic heterocycles. The number of hydrogen-bond donors (Lipinski definition) is 1. The number of aryl methyl sites for hydroxylation is 4. The molecule has 18 heavy (non-hydrogen) atoms. The van der Waals surface area contributed by atoms with Crippen LogP contribution in [0.25, 0.3) is 10.9 Å². The fourth-order valence-electron chi connectivity index (χ4n) is 2.75. The lowest BCUT2D eigenvalue weighted by molar-refractivity contribution is -0.136. The van der Waals surface area contributed by atoms with Gasteiger partial charge in [0, 0.05) is 24.5 Å². The van der Waals surface area contributed by atoms with Gasteiger partial charge >= 0.3 is 5.97 Å². The quantitative estimate of drug-likeness (QED) is 0.902. The summed E-state index contributed by atoms with van der Waals surface area (Å²) in [5, 5.41) is 10.0. The molecular weight excluding hydrogens is 226 g/mol. The topological polar surface area (TPSA) is 42.2 Å². The van der Waals surface area contributed by atoms with Crippen LogP contribution in [0.4, 0.5) is 0 Å². The van der Waals surface area contributed by atoms with Crippen molar-refractivity contribution in [2.75, 3.05) is 0 Å². The Morgan fingerprint density at radius 1 is 1.28 bits per heavy atom. The Morgan fingerprint density at radius 3 is 2.56 bits per heavy atom. The Balaban J connectivity index is 2.65. The van der Waals surface area contributed by atoms with E-state index in [-0.39, 0.29) is 6.42 Å². The van der Waals surface area contributed by atoms with Gasteiger partial charge in [0.15, 0.2) is 0 Å². The number of benzene rings is 1. The molecule has 2 aromatic rings. The Kier molecular flexibility index (Phi) is 3.16. The van der Waals surface area contributed by atoms with Crippen LogP contribution < -0.4 is 0 Å². The standard InChI is InChI=1S/C15H19NO2/c1-9-7-10(2)15-13(8-9)12(5-6-14(17)18)11(3)16(15)4/h7-8H,5-6H2,1-4H3,(H,17,18). The van der Waals surface area contributed by atoms with Gasteiger partial charge in [-0.1, -0.05) is 11.6 Å². The van der Waals surface area contributed by atoms with Gasteiger partial charge in [0.05, 0.1) is 5.52 Å². The first-order valence-corrected chi connectivity index (χ1v) is 6.18. The number of aliphatic carboxylic acids is 1. The molecule has 1 N–H and O–H groups in total. The van der Waals surface area contributed by atoms with Crippen molar-refractivity contribution in [1.29, 1.82) is 0 Å². The van der Waals surface area contributed by atoms with E-state index in [9.17, 15) is 4.79 Å². The van der Waals surface area contributed by atoms with Crippen molar-refractivity contribution in [3.63, 3.8) is 0 Å². The Labute approximate surface area is 107 Å². The Bertz CT molecular complexity index is 623. The first-order valence-electron chi connectivity index (χ1n) is 6.18. The van der Waals surface area contributed by atoms with Crippen molar-refractivity contribution in [2.45, 2.75) is 33.6 Å². The van der Waals surface area contributed by atoms with Crippen LogP contribution in [-0.4, -0.2) is 15.6 Å². The molecule has 0 aliphatic rings. The van der Waals surface area contributed by atoms with E-state index in [4.69, 9.17) is 5.11 Å². The minimum absolute atomic E-state index is 0.187. The summed E-state index contributed by atoms with van der Waals surface area (Å²) < 4.78 is 2.17. The molecule has 0 fully saturated rings. The van der Waals surface area contributed by atoms with Crippen molar-refractivity contribution in [1.82, 2.24) is 4.57 Å². The fraction of sp³-hybridized carbons (Fsp3) is 0.400. The molecule has 0 bridgehead atoms. The number of fused-ring (bicyclic) bond motifs is 1. The van der Waals surface area contributed by atoms with E-state index >= 15 is 0 Å². The SMILES string of the molecule is Cc1cc(C)c2c(c1)c(CCC(=O)O)c(C)n2C. The molecule has 0 radical (unpaired) electrons. The maximum atomic E-state index is 10.8. The Morgan fingerprint density at radius 2 is 1.94 bits per heavy atom. The molecular formula is C15H19NO2. The van der Waals surface area contributed by atoms with Gasteiger partial charge in [0.1, 0.15) is 0 Å². The van der Waals surface area contributed by atoms with Gasteiger partial charge in [0.2, 0.25) is 0 Å². The summed E-state index contributed by atoms with van der Waals surface area (Å²) in [5.74, 6) is -0.740. The summed E-state index contributed by atoms with van der Waals surface area (Å²) in [6, 6.07) is 4.33. The summed E-state index contributed by atoms with van der Waals surface area (Å²) in [5.41, 5.74) is 6.03. The summed E-state index contributed by atoms with van der Waals surface area (Å²) in [6.07, 6.45) is 0.786. The van der Waals surface area contributed by atoms with E-state index in [0.29, 0.717) is 6.42 Å². The van der Waals surface area contributed by atoms with E-state index in [1.807, 2.05) is 7.05 Å². The molecule has 1 aromatic carbocycles. The van der Waals surface area contributed by atoms with Crippen LogP contribution in [0, 0.1) is 20.8 Å². The summed E-state index contributed by atoms with van der Waals surface area (Å²) in [6.45, 7) is 6.25. The molecule has 0 atom stereocenters. The van der Waals surface area contributed by atoms with Crippen molar-refractivity contribution < 1.29 is 9.90 Å². The van der Waals surface area contributed by atoms with Gasteiger partial charge in [-0.3, -0.25) is 4.79 Å². The lowest BCUT2D eigenvalue weighted by atomic mass is 10.0. The molecule has 3 nitrogen and oxygen atoms in total. The largest absolute Gasteiger partial charge is 0.481 e. The average Bonchev–Trinajstić information content (AvgIpc) is 2.49. The third-order valence-corrected chi connectivity index (χ3v) is 3.63. The molecule has 0 aliphatic carbocycles. The first kappa shape index (κ1) is 12.7. The predicted octanol–water partition coefficient (Wildman–Crippen LogP) is 3.12. The van der Waals surface area contributed by atoms with Gasteiger partial charge in [-0.2, -0.15) is 0 Å². The molecule has 0 saturated carbocycles. The first-order chi connectivity index (χ1) is 8.41. The van der Waals surface area contributed by atoms with E-state index in [2.05, 4.69) is 37.5 Å². The van der Waals surface area contributed by atoms with Crippen molar-refractivity contribution in [2.24, 2.45) is 7.05 Å². The molecule has 1 heterocycles. The van der Waals surface area contributed by atoms with E-state index < -0.39 is 5.97 Å². The van der Waals surface area contributed by atoms with Crippen LogP contribution in [-0.2, 0) is 18.3 Å². The zero-order chi connectivity index (χ0) is 13.4. The molecule has 96 valence electrons. The number of hydrogen-bond acceptors (Lipinski definition) is 1. The monoisotopic (exact) mass is 245 g/mol. The maximum Gasteiger partial charge on any atom is 0.303 e. The molecule has 0 amide bonds. The zero-order valence-corrected chi connectivity index (χ0v) is 11.4. The molecule has 0 unspecified atom stereocenters. The minimum Gasteiger partial charge on any atom is -0.481 e. The summed E-state index contributed by atoms with van der Waals surface area (Å²) in [4.78, 5) is 10.8. The van der Waals surface area contributed by atoms with E-state index in [0.717, 1.165) is 0 Å². The van der Waals surface area contributed by atoms with Gasteiger partial charge in [0.25, 0.3) is 0 Å². The number of nitrogens with zero attached hydrogens (tertiary/aromatic N) is 1. The number of rotatable bonds is 3. The smallest absolute Gasteiger partial charge is 0.303 e. The van der Waals surface area contributed by atoms with Crippen molar-refractivity contribution in [3.05, 3.63) is 34.5 Å². The number of carbonyl (C=O) groups is 1. The lowest BCUT2D eigenvalue weighted by Gasteiger charge is -2.03. The summed E-state index contributed by atoms with van der Waals surface area (Å²) >= 11 is 0. The van der Waals surface area contributed by atoms with Crippen LogP contribution in [0.5, 0.6) is 0 Å². The van der Waals surface area contributed by atoms with Crippen LogP contribution in [0.15, 0.2) is 12.1 Å². The lowest BCUT2D eigenvalue weighted by Crippen LogP contribution is -1.99. The third kappa shape index (κ3) is 2.01. The molecule has 0 aliphatic heterocycles. The Hall–Kier alpha value is -1.77. The molecule has 3 heteroatoms. The third-order valence-electron chi connectivity index (χ3n) is 3.63. The molecule has 2 rings (SSSR count). The second-order valence-electron chi connectivity index (χ2n) is 4.99. The molecule has 0 saturated heterocycles. The predicted molar refractivity (Wildman–Crippen MR) is 73.1 cm³/mol. The fourth-order valence-corrected chi connectivity index (χ4v) is 2.75. The van der Waals surface area contributed by atoms with E-state index in [1.165, 1.54) is 33.3 Å². The highest BCUT2D eigenvalue weighted by atomic mass is 16.4.